The molecule has 0 nitrogen and oxygen atoms in total. The second-order valence-corrected chi connectivity index (χ2v) is 7.45. The van der Waals surface area contributed by atoms with Crippen LogP contribution in [0, 0.1) is 11.3 Å². The standard InChI is InChI=1S/C13H19Cl2F3/c14-12(15)9-11(12)7-4-10(5-8-11)3-1-2-6-13(16,17)18/h10H,1-9H2. The monoisotopic (exact) mass is 302 g/mol. The molecular formula is C13H19Cl2F3. The number of rotatable bonds is 4. The molecular weight excluding hydrogens is 284 g/mol. The molecule has 2 aliphatic carbocycles. The van der Waals surface area contributed by atoms with Crippen LogP contribution in [0.25, 0.3) is 0 Å². The van der Waals surface area contributed by atoms with Gasteiger partial charge in [-0.15, -0.1) is 23.2 Å². The minimum Gasteiger partial charge on any atom is -0.171 e. The Bertz CT molecular complexity index is 291. The fraction of sp³-hybridized carbons (Fsp3) is 1.00. The fourth-order valence-electron chi connectivity index (χ4n) is 3.20. The Morgan fingerprint density at radius 2 is 1.61 bits per heavy atom. The van der Waals surface area contributed by atoms with Crippen LogP contribution in [0.3, 0.4) is 0 Å². The van der Waals surface area contributed by atoms with Crippen molar-refractivity contribution in [2.75, 3.05) is 0 Å². The molecule has 2 aliphatic rings. The van der Waals surface area contributed by atoms with Gasteiger partial charge in [0.2, 0.25) is 0 Å². The lowest BCUT2D eigenvalue weighted by molar-refractivity contribution is -0.135. The van der Waals surface area contributed by atoms with E-state index in [1.807, 2.05) is 0 Å². The number of halogens is 5. The molecule has 0 amide bonds. The summed E-state index contributed by atoms with van der Waals surface area (Å²) in [6.07, 6.45) is 2.36. The van der Waals surface area contributed by atoms with Crippen LogP contribution in [0.5, 0.6) is 0 Å². The van der Waals surface area contributed by atoms with Crippen molar-refractivity contribution in [1.29, 1.82) is 0 Å². The Morgan fingerprint density at radius 3 is 2.06 bits per heavy atom. The lowest BCUT2D eigenvalue weighted by Gasteiger charge is -2.29. The van der Waals surface area contributed by atoms with Crippen LogP contribution in [0.2, 0.25) is 0 Å². The molecule has 1 spiro atoms. The highest BCUT2D eigenvalue weighted by atomic mass is 35.5. The van der Waals surface area contributed by atoms with Gasteiger partial charge in [-0.3, -0.25) is 0 Å². The van der Waals surface area contributed by atoms with Crippen LogP contribution in [-0.4, -0.2) is 10.5 Å². The van der Waals surface area contributed by atoms with Crippen LogP contribution in [0.15, 0.2) is 0 Å². The Balaban J connectivity index is 1.60. The molecule has 0 saturated heterocycles. The van der Waals surface area contributed by atoms with Gasteiger partial charge >= 0.3 is 6.18 Å². The molecule has 0 aliphatic heterocycles. The molecule has 0 N–H and O–H groups in total. The van der Waals surface area contributed by atoms with Gasteiger partial charge in [-0.25, -0.2) is 0 Å². The van der Waals surface area contributed by atoms with Crippen molar-refractivity contribution in [3.05, 3.63) is 0 Å². The Kier molecular flexibility index (Phi) is 4.14. The van der Waals surface area contributed by atoms with Gasteiger partial charge in [-0.2, -0.15) is 13.2 Å². The third-order valence-corrected chi connectivity index (χ3v) is 5.67. The largest absolute Gasteiger partial charge is 0.389 e. The predicted octanol–water partition coefficient (Wildman–Crippen LogP) is 5.86. The number of hydrogen-bond acceptors (Lipinski definition) is 0. The van der Waals surface area contributed by atoms with Gasteiger partial charge in [0.1, 0.15) is 4.33 Å². The third kappa shape index (κ3) is 3.47. The Morgan fingerprint density at radius 1 is 1.06 bits per heavy atom. The van der Waals surface area contributed by atoms with E-state index in [0.29, 0.717) is 12.3 Å². The van der Waals surface area contributed by atoms with Crippen molar-refractivity contribution in [2.24, 2.45) is 11.3 Å². The molecule has 0 unspecified atom stereocenters. The molecule has 18 heavy (non-hydrogen) atoms. The first-order valence-electron chi connectivity index (χ1n) is 6.69. The van der Waals surface area contributed by atoms with Gasteiger partial charge in [0.05, 0.1) is 0 Å². The van der Waals surface area contributed by atoms with E-state index in [4.69, 9.17) is 23.2 Å². The summed E-state index contributed by atoms with van der Waals surface area (Å²) >= 11 is 12.3. The van der Waals surface area contributed by atoms with Crippen molar-refractivity contribution < 1.29 is 13.2 Å². The maximum absolute atomic E-state index is 12.0. The van der Waals surface area contributed by atoms with Crippen LogP contribution < -0.4 is 0 Å². The number of unbranched alkanes of at least 4 members (excludes halogenated alkanes) is 1. The summed E-state index contributed by atoms with van der Waals surface area (Å²) in [7, 11) is 0. The maximum atomic E-state index is 12.0. The van der Waals surface area contributed by atoms with Gasteiger partial charge < -0.3 is 0 Å². The van der Waals surface area contributed by atoms with E-state index in [0.717, 1.165) is 38.5 Å². The fourth-order valence-corrected chi connectivity index (χ4v) is 4.09. The molecule has 106 valence electrons. The molecule has 0 aromatic rings. The van der Waals surface area contributed by atoms with Gasteiger partial charge in [-0.05, 0) is 44.4 Å². The summed E-state index contributed by atoms with van der Waals surface area (Å²) in [4.78, 5) is 0. The average Bonchev–Trinajstić information content (AvgIpc) is 2.76. The minimum absolute atomic E-state index is 0.137. The highest BCUT2D eigenvalue weighted by Gasteiger charge is 2.65. The topological polar surface area (TPSA) is 0 Å². The van der Waals surface area contributed by atoms with E-state index in [-0.39, 0.29) is 11.8 Å². The van der Waals surface area contributed by atoms with Crippen LogP contribution in [0.4, 0.5) is 13.2 Å². The van der Waals surface area contributed by atoms with Gasteiger partial charge in [0, 0.05) is 11.8 Å². The molecule has 5 heteroatoms. The van der Waals surface area contributed by atoms with Crippen LogP contribution in [-0.2, 0) is 0 Å². The predicted molar refractivity (Wildman–Crippen MR) is 68.0 cm³/mol. The first-order valence-corrected chi connectivity index (χ1v) is 7.44. The van der Waals surface area contributed by atoms with E-state index >= 15 is 0 Å². The minimum atomic E-state index is -4.00. The summed E-state index contributed by atoms with van der Waals surface area (Å²) in [6, 6.07) is 0. The van der Waals surface area contributed by atoms with Crippen molar-refractivity contribution >= 4 is 23.2 Å². The number of alkyl halides is 5. The van der Waals surface area contributed by atoms with Crippen molar-refractivity contribution in [2.45, 2.75) is 68.3 Å². The van der Waals surface area contributed by atoms with Gasteiger partial charge in [-0.1, -0.05) is 12.8 Å². The third-order valence-electron chi connectivity index (χ3n) is 4.60. The summed E-state index contributed by atoms with van der Waals surface area (Å²) in [5, 5.41) is 0. The lowest BCUT2D eigenvalue weighted by atomic mass is 9.78. The van der Waals surface area contributed by atoms with Crippen molar-refractivity contribution in [3.63, 3.8) is 0 Å². The van der Waals surface area contributed by atoms with Crippen molar-refractivity contribution in [3.8, 4) is 0 Å². The van der Waals surface area contributed by atoms with E-state index in [1.54, 1.807) is 0 Å². The smallest absolute Gasteiger partial charge is 0.171 e. The first kappa shape index (κ1) is 14.8. The van der Waals surface area contributed by atoms with Gasteiger partial charge in [0.25, 0.3) is 0 Å². The zero-order chi connectivity index (χ0) is 13.4. The Hall–Kier alpha value is 0.370. The summed E-state index contributed by atoms with van der Waals surface area (Å²) in [5.41, 5.74) is 0.137. The lowest BCUT2D eigenvalue weighted by Crippen LogP contribution is -2.19. The molecule has 0 aromatic heterocycles. The second kappa shape index (κ2) is 5.05. The molecule has 0 bridgehead atoms. The van der Waals surface area contributed by atoms with E-state index in [1.165, 1.54) is 0 Å². The highest BCUT2D eigenvalue weighted by Crippen LogP contribution is 2.70. The van der Waals surface area contributed by atoms with Gasteiger partial charge in [0.15, 0.2) is 0 Å². The molecule has 2 rings (SSSR count). The van der Waals surface area contributed by atoms with E-state index < -0.39 is 16.9 Å². The van der Waals surface area contributed by atoms with Crippen LogP contribution in [0.1, 0.15) is 57.8 Å². The highest BCUT2D eigenvalue weighted by molar-refractivity contribution is 6.51. The molecule has 2 saturated carbocycles. The summed E-state index contributed by atoms with van der Waals surface area (Å²) in [6.45, 7) is 0. The SMILES string of the molecule is FC(F)(F)CCCCC1CCC2(CC1)CC2(Cl)Cl. The van der Waals surface area contributed by atoms with Crippen LogP contribution >= 0.6 is 23.2 Å². The summed E-state index contributed by atoms with van der Waals surface area (Å²) in [5.74, 6) is 0.577. The van der Waals surface area contributed by atoms with E-state index in [9.17, 15) is 13.2 Å². The summed E-state index contributed by atoms with van der Waals surface area (Å²) < 4.78 is 35.4. The zero-order valence-corrected chi connectivity index (χ0v) is 11.8. The first-order chi connectivity index (χ1) is 8.24. The van der Waals surface area contributed by atoms with Crippen molar-refractivity contribution in [1.82, 2.24) is 0 Å². The molecule has 0 heterocycles. The maximum Gasteiger partial charge on any atom is 0.389 e. The Labute approximate surface area is 116 Å². The van der Waals surface area contributed by atoms with E-state index in [2.05, 4.69) is 0 Å². The zero-order valence-electron chi connectivity index (χ0n) is 10.3. The molecule has 0 aromatic carbocycles. The molecule has 0 atom stereocenters. The molecule has 2 fully saturated rings. The molecule has 0 radical (unpaired) electrons. The average molecular weight is 303 g/mol. The normalized spacial score (nSPS) is 34.8. The second-order valence-electron chi connectivity index (χ2n) is 5.97. The quantitative estimate of drug-likeness (QED) is 0.450. The number of hydrogen-bond donors (Lipinski definition) is 0.